The summed E-state index contributed by atoms with van der Waals surface area (Å²) in [6.07, 6.45) is 1.66. The minimum absolute atomic E-state index is 0.113. The number of halogens is 1. The summed E-state index contributed by atoms with van der Waals surface area (Å²) in [4.78, 5) is 40.5. The SMILES string of the molecule is COCCCNC(=O)[C@@H](NC(=O)c1ccccc1F)C1CCN(C(=O)c2cccc(OC)c2)CC1. The Labute approximate surface area is 204 Å². The van der Waals surface area contributed by atoms with Gasteiger partial charge < -0.3 is 25.0 Å². The van der Waals surface area contributed by atoms with Gasteiger partial charge in [0.05, 0.1) is 12.7 Å². The van der Waals surface area contributed by atoms with E-state index in [0.717, 1.165) is 0 Å². The van der Waals surface area contributed by atoms with Crippen LogP contribution in [0.1, 0.15) is 40.0 Å². The number of methoxy groups -OCH3 is 2. The summed E-state index contributed by atoms with van der Waals surface area (Å²) in [6, 6.07) is 11.8. The lowest BCUT2D eigenvalue weighted by molar-refractivity contribution is -0.124. The van der Waals surface area contributed by atoms with Crippen molar-refractivity contribution in [1.29, 1.82) is 0 Å². The summed E-state index contributed by atoms with van der Waals surface area (Å²) >= 11 is 0. The number of nitrogens with one attached hydrogen (secondary N) is 2. The Morgan fingerprint density at radius 3 is 2.51 bits per heavy atom. The molecule has 3 amide bonds. The van der Waals surface area contributed by atoms with E-state index >= 15 is 0 Å². The molecule has 1 aliphatic rings. The monoisotopic (exact) mass is 485 g/mol. The predicted octanol–water partition coefficient (Wildman–Crippen LogP) is 2.64. The summed E-state index contributed by atoms with van der Waals surface area (Å²) < 4.78 is 24.4. The molecule has 35 heavy (non-hydrogen) atoms. The molecule has 0 bridgehead atoms. The zero-order chi connectivity index (χ0) is 25.2. The normalized spacial score (nSPS) is 14.8. The van der Waals surface area contributed by atoms with Crippen molar-refractivity contribution in [3.63, 3.8) is 0 Å². The molecule has 1 aliphatic heterocycles. The fourth-order valence-corrected chi connectivity index (χ4v) is 4.17. The van der Waals surface area contributed by atoms with Gasteiger partial charge in [0.2, 0.25) is 5.91 Å². The van der Waals surface area contributed by atoms with Gasteiger partial charge in [0.15, 0.2) is 0 Å². The average Bonchev–Trinajstić information content (AvgIpc) is 2.89. The van der Waals surface area contributed by atoms with Crippen molar-refractivity contribution in [3.8, 4) is 5.75 Å². The van der Waals surface area contributed by atoms with E-state index in [1.807, 2.05) is 0 Å². The lowest BCUT2D eigenvalue weighted by Gasteiger charge is -2.36. The third-order valence-corrected chi connectivity index (χ3v) is 6.13. The fraction of sp³-hybridized carbons (Fsp3) is 0.423. The van der Waals surface area contributed by atoms with Crippen LogP contribution in [0.3, 0.4) is 0 Å². The largest absolute Gasteiger partial charge is 0.497 e. The van der Waals surface area contributed by atoms with E-state index < -0.39 is 17.8 Å². The third-order valence-electron chi connectivity index (χ3n) is 6.13. The molecule has 0 unspecified atom stereocenters. The van der Waals surface area contributed by atoms with E-state index in [-0.39, 0.29) is 23.3 Å². The van der Waals surface area contributed by atoms with E-state index in [9.17, 15) is 18.8 Å². The Morgan fingerprint density at radius 2 is 1.83 bits per heavy atom. The van der Waals surface area contributed by atoms with Crippen LogP contribution in [0.5, 0.6) is 5.75 Å². The second-order valence-electron chi connectivity index (χ2n) is 8.43. The Hall–Kier alpha value is -3.46. The highest BCUT2D eigenvalue weighted by Gasteiger charge is 2.34. The van der Waals surface area contributed by atoms with Crippen molar-refractivity contribution < 1.29 is 28.2 Å². The highest BCUT2D eigenvalue weighted by atomic mass is 19.1. The minimum atomic E-state index is -0.848. The number of amides is 3. The molecule has 1 atom stereocenters. The van der Waals surface area contributed by atoms with Gasteiger partial charge in [-0.15, -0.1) is 0 Å². The molecule has 1 saturated heterocycles. The highest BCUT2D eigenvalue weighted by Crippen LogP contribution is 2.24. The molecule has 8 nitrogen and oxygen atoms in total. The first kappa shape index (κ1) is 26.2. The first-order chi connectivity index (χ1) is 16.9. The lowest BCUT2D eigenvalue weighted by atomic mass is 9.88. The van der Waals surface area contributed by atoms with Crippen LogP contribution in [0.4, 0.5) is 4.39 Å². The summed E-state index contributed by atoms with van der Waals surface area (Å²) in [6.45, 7) is 1.76. The summed E-state index contributed by atoms with van der Waals surface area (Å²) in [5.41, 5.74) is 0.415. The molecule has 1 heterocycles. The van der Waals surface area contributed by atoms with Gasteiger partial charge in [0.25, 0.3) is 11.8 Å². The molecule has 3 rings (SSSR count). The zero-order valence-corrected chi connectivity index (χ0v) is 20.1. The molecule has 0 spiro atoms. The van der Waals surface area contributed by atoms with Crippen molar-refractivity contribution in [1.82, 2.24) is 15.5 Å². The van der Waals surface area contributed by atoms with Crippen molar-refractivity contribution in [3.05, 3.63) is 65.5 Å². The third kappa shape index (κ3) is 7.02. The number of ether oxygens (including phenoxy) is 2. The molecule has 2 aromatic carbocycles. The zero-order valence-electron chi connectivity index (χ0n) is 20.1. The van der Waals surface area contributed by atoms with Gasteiger partial charge in [0, 0.05) is 38.9 Å². The number of carbonyl (C=O) groups excluding carboxylic acids is 3. The molecule has 0 aromatic heterocycles. The lowest BCUT2D eigenvalue weighted by Crippen LogP contribution is -2.54. The maximum absolute atomic E-state index is 14.1. The van der Waals surface area contributed by atoms with E-state index in [2.05, 4.69) is 10.6 Å². The van der Waals surface area contributed by atoms with Crippen LogP contribution in [0.25, 0.3) is 0 Å². The molecule has 9 heteroatoms. The van der Waals surface area contributed by atoms with Gasteiger partial charge in [-0.05, 0) is 55.5 Å². The first-order valence-corrected chi connectivity index (χ1v) is 11.7. The van der Waals surface area contributed by atoms with E-state index in [1.165, 1.54) is 18.2 Å². The second-order valence-corrected chi connectivity index (χ2v) is 8.43. The van der Waals surface area contributed by atoms with Gasteiger partial charge in [-0.25, -0.2) is 4.39 Å². The van der Waals surface area contributed by atoms with Crippen molar-refractivity contribution in [2.24, 2.45) is 5.92 Å². The Morgan fingerprint density at radius 1 is 1.09 bits per heavy atom. The molecule has 188 valence electrons. The van der Waals surface area contributed by atoms with Crippen LogP contribution < -0.4 is 15.4 Å². The smallest absolute Gasteiger partial charge is 0.254 e. The van der Waals surface area contributed by atoms with Gasteiger partial charge in [-0.2, -0.15) is 0 Å². The molecule has 0 radical (unpaired) electrons. The second kappa shape index (κ2) is 12.9. The van der Waals surface area contributed by atoms with E-state index in [4.69, 9.17) is 9.47 Å². The molecular weight excluding hydrogens is 453 g/mol. The minimum Gasteiger partial charge on any atom is -0.497 e. The Kier molecular flexibility index (Phi) is 9.60. The van der Waals surface area contributed by atoms with Gasteiger partial charge in [-0.3, -0.25) is 14.4 Å². The van der Waals surface area contributed by atoms with Crippen molar-refractivity contribution in [2.75, 3.05) is 40.5 Å². The number of hydrogen-bond acceptors (Lipinski definition) is 5. The van der Waals surface area contributed by atoms with Gasteiger partial charge in [0.1, 0.15) is 17.6 Å². The molecule has 2 aromatic rings. The van der Waals surface area contributed by atoms with Gasteiger partial charge in [-0.1, -0.05) is 18.2 Å². The Bertz CT molecular complexity index is 1020. The Balaban J connectivity index is 1.68. The van der Waals surface area contributed by atoms with Crippen LogP contribution in [0.15, 0.2) is 48.5 Å². The molecule has 0 saturated carbocycles. The number of rotatable bonds is 10. The number of carbonyl (C=O) groups is 3. The van der Waals surface area contributed by atoms with E-state index in [1.54, 1.807) is 49.5 Å². The van der Waals surface area contributed by atoms with Crippen LogP contribution in [-0.4, -0.2) is 69.1 Å². The van der Waals surface area contributed by atoms with Crippen molar-refractivity contribution in [2.45, 2.75) is 25.3 Å². The standard InChI is InChI=1S/C26H32FN3O5/c1-34-16-6-13-28-25(32)23(29-24(31)21-9-3-4-10-22(21)27)18-11-14-30(15-12-18)26(33)19-7-5-8-20(17-19)35-2/h3-5,7-10,17-18,23H,6,11-16H2,1-2H3,(H,28,32)(H,29,31)/t23-/m0/s1. The number of likely N-dealkylation sites (tertiary alicyclic amines) is 1. The van der Waals surface area contributed by atoms with Crippen LogP contribution >= 0.6 is 0 Å². The molecule has 0 aliphatic carbocycles. The van der Waals surface area contributed by atoms with Crippen LogP contribution in [0, 0.1) is 11.7 Å². The topological polar surface area (TPSA) is 97.0 Å². The maximum Gasteiger partial charge on any atom is 0.254 e. The number of nitrogens with zero attached hydrogens (tertiary/aromatic N) is 1. The maximum atomic E-state index is 14.1. The van der Waals surface area contributed by atoms with Crippen LogP contribution in [-0.2, 0) is 9.53 Å². The predicted molar refractivity (Wildman–Crippen MR) is 129 cm³/mol. The summed E-state index contributed by atoms with van der Waals surface area (Å²) in [7, 11) is 3.13. The van der Waals surface area contributed by atoms with Gasteiger partial charge >= 0.3 is 0 Å². The molecule has 1 fully saturated rings. The summed E-state index contributed by atoms with van der Waals surface area (Å²) in [5, 5.41) is 5.57. The summed E-state index contributed by atoms with van der Waals surface area (Å²) in [5.74, 6) is -1.34. The average molecular weight is 486 g/mol. The fourth-order valence-electron chi connectivity index (χ4n) is 4.17. The van der Waals surface area contributed by atoms with Crippen LogP contribution in [0.2, 0.25) is 0 Å². The number of benzene rings is 2. The molecule has 2 N–H and O–H groups in total. The first-order valence-electron chi connectivity index (χ1n) is 11.7. The molecular formula is C26H32FN3O5. The quantitative estimate of drug-likeness (QED) is 0.505. The number of hydrogen-bond donors (Lipinski definition) is 2. The highest BCUT2D eigenvalue weighted by molar-refractivity contribution is 5.98. The number of piperidine rings is 1. The van der Waals surface area contributed by atoms with E-state index in [0.29, 0.717) is 56.8 Å². The van der Waals surface area contributed by atoms with Crippen molar-refractivity contribution >= 4 is 17.7 Å².